The topological polar surface area (TPSA) is 66.8 Å². The molecule has 27 heavy (non-hydrogen) atoms. The molecule has 0 unspecified atom stereocenters. The molecule has 1 N–H and O–H groups in total. The standard InChI is InChI=1S/C22H21NO4/c24-21(25)13-15-9-11-23(12-10-15)22(26)27-14-20-18-7-3-1-5-16(18)17-6-2-4-8-19(17)20/h1-9,20H,10-14H2,(H,24,25). The second-order valence-electron chi connectivity index (χ2n) is 6.93. The normalized spacial score (nSPS) is 15.7. The fourth-order valence-corrected chi connectivity index (χ4v) is 3.92. The van der Waals surface area contributed by atoms with Gasteiger partial charge in [-0.25, -0.2) is 4.79 Å². The van der Waals surface area contributed by atoms with Gasteiger partial charge in [0.1, 0.15) is 6.61 Å². The Morgan fingerprint density at radius 3 is 2.22 bits per heavy atom. The number of carboxylic acids is 1. The maximum absolute atomic E-state index is 12.5. The number of rotatable bonds is 4. The lowest BCUT2D eigenvalue weighted by molar-refractivity contribution is -0.136. The number of hydrogen-bond acceptors (Lipinski definition) is 3. The van der Waals surface area contributed by atoms with E-state index in [1.807, 2.05) is 30.3 Å². The van der Waals surface area contributed by atoms with Crippen molar-refractivity contribution in [1.82, 2.24) is 4.90 Å². The molecule has 0 saturated heterocycles. The van der Waals surface area contributed by atoms with Crippen LogP contribution in [0.25, 0.3) is 11.1 Å². The molecular weight excluding hydrogens is 342 g/mol. The van der Waals surface area contributed by atoms with Gasteiger partial charge in [-0.15, -0.1) is 0 Å². The summed E-state index contributed by atoms with van der Waals surface area (Å²) < 4.78 is 5.64. The molecule has 5 nitrogen and oxygen atoms in total. The zero-order chi connectivity index (χ0) is 18.8. The number of carboxylic acid groups (broad SMARTS) is 1. The molecule has 0 saturated carbocycles. The predicted octanol–water partition coefficient (Wildman–Crippen LogP) is 4.04. The van der Waals surface area contributed by atoms with Crippen LogP contribution >= 0.6 is 0 Å². The first-order valence-electron chi connectivity index (χ1n) is 9.13. The Labute approximate surface area is 157 Å². The number of nitrogens with zero attached hydrogens (tertiary/aromatic N) is 1. The largest absolute Gasteiger partial charge is 0.481 e. The summed E-state index contributed by atoms with van der Waals surface area (Å²) in [5.41, 5.74) is 5.65. The van der Waals surface area contributed by atoms with Gasteiger partial charge in [-0.3, -0.25) is 4.79 Å². The number of hydrogen-bond donors (Lipinski definition) is 1. The summed E-state index contributed by atoms with van der Waals surface area (Å²) in [6, 6.07) is 16.5. The van der Waals surface area contributed by atoms with Crippen LogP contribution in [-0.4, -0.2) is 41.8 Å². The molecule has 0 bridgehead atoms. The van der Waals surface area contributed by atoms with Crippen LogP contribution < -0.4 is 0 Å². The minimum atomic E-state index is -0.837. The Hall–Kier alpha value is -3.08. The third kappa shape index (κ3) is 3.45. The van der Waals surface area contributed by atoms with Gasteiger partial charge < -0.3 is 14.7 Å². The first-order chi connectivity index (χ1) is 13.1. The van der Waals surface area contributed by atoms with E-state index in [0.29, 0.717) is 26.1 Å². The van der Waals surface area contributed by atoms with E-state index >= 15 is 0 Å². The first-order valence-corrected chi connectivity index (χ1v) is 9.13. The summed E-state index contributed by atoms with van der Waals surface area (Å²) in [4.78, 5) is 24.9. The molecule has 0 aromatic heterocycles. The predicted molar refractivity (Wildman–Crippen MR) is 102 cm³/mol. The summed E-state index contributed by atoms with van der Waals surface area (Å²) in [7, 11) is 0. The molecule has 1 amide bonds. The van der Waals surface area contributed by atoms with Crippen molar-refractivity contribution in [2.45, 2.75) is 18.8 Å². The van der Waals surface area contributed by atoms with E-state index in [0.717, 1.165) is 5.57 Å². The van der Waals surface area contributed by atoms with Crippen LogP contribution in [-0.2, 0) is 9.53 Å². The molecule has 0 radical (unpaired) electrons. The summed E-state index contributed by atoms with van der Waals surface area (Å²) in [6.07, 6.45) is 2.09. The van der Waals surface area contributed by atoms with Gasteiger partial charge in [-0.1, -0.05) is 60.2 Å². The highest BCUT2D eigenvalue weighted by Crippen LogP contribution is 2.44. The van der Waals surface area contributed by atoms with Gasteiger partial charge in [0.2, 0.25) is 0 Å². The van der Waals surface area contributed by atoms with Crippen molar-refractivity contribution in [3.63, 3.8) is 0 Å². The Bertz CT molecular complexity index is 873. The smallest absolute Gasteiger partial charge is 0.410 e. The number of carbonyl (C=O) groups excluding carboxylic acids is 1. The maximum Gasteiger partial charge on any atom is 0.410 e. The highest BCUT2D eigenvalue weighted by molar-refractivity contribution is 5.79. The highest BCUT2D eigenvalue weighted by Gasteiger charge is 2.29. The number of carbonyl (C=O) groups is 2. The molecule has 5 heteroatoms. The van der Waals surface area contributed by atoms with Gasteiger partial charge >= 0.3 is 12.1 Å². The minimum Gasteiger partial charge on any atom is -0.481 e. The fourth-order valence-electron chi connectivity index (χ4n) is 3.92. The molecule has 0 atom stereocenters. The van der Waals surface area contributed by atoms with Crippen molar-refractivity contribution < 1.29 is 19.4 Å². The maximum atomic E-state index is 12.5. The van der Waals surface area contributed by atoms with E-state index in [4.69, 9.17) is 9.84 Å². The van der Waals surface area contributed by atoms with Crippen molar-refractivity contribution in [3.05, 3.63) is 71.3 Å². The monoisotopic (exact) mass is 363 g/mol. The molecule has 2 aliphatic rings. The van der Waals surface area contributed by atoms with Crippen LogP contribution in [0.1, 0.15) is 29.9 Å². The van der Waals surface area contributed by atoms with E-state index < -0.39 is 5.97 Å². The Balaban J connectivity index is 1.43. The van der Waals surface area contributed by atoms with E-state index in [9.17, 15) is 9.59 Å². The fraction of sp³-hybridized carbons (Fsp3) is 0.273. The third-order valence-electron chi connectivity index (χ3n) is 5.28. The van der Waals surface area contributed by atoms with Gasteiger partial charge in [0.25, 0.3) is 0 Å². The lowest BCUT2D eigenvalue weighted by Crippen LogP contribution is -2.36. The molecule has 1 aliphatic carbocycles. The molecule has 2 aromatic rings. The quantitative estimate of drug-likeness (QED) is 0.833. The third-order valence-corrected chi connectivity index (χ3v) is 5.28. The van der Waals surface area contributed by atoms with E-state index in [-0.39, 0.29) is 18.4 Å². The van der Waals surface area contributed by atoms with Gasteiger partial charge in [0.05, 0.1) is 6.42 Å². The van der Waals surface area contributed by atoms with Crippen molar-refractivity contribution in [1.29, 1.82) is 0 Å². The Morgan fingerprint density at radius 2 is 1.67 bits per heavy atom. The molecule has 138 valence electrons. The Kier molecular flexibility index (Phi) is 4.67. The second-order valence-corrected chi connectivity index (χ2v) is 6.93. The van der Waals surface area contributed by atoms with Crippen molar-refractivity contribution in [3.8, 4) is 11.1 Å². The minimum absolute atomic E-state index is 0.0402. The van der Waals surface area contributed by atoms with Crippen LogP contribution in [0.15, 0.2) is 60.2 Å². The molecule has 1 aliphatic heterocycles. The van der Waals surface area contributed by atoms with Crippen LogP contribution in [0, 0.1) is 0 Å². The average molecular weight is 363 g/mol. The zero-order valence-corrected chi connectivity index (χ0v) is 14.9. The van der Waals surface area contributed by atoms with Crippen LogP contribution in [0.5, 0.6) is 0 Å². The van der Waals surface area contributed by atoms with Crippen molar-refractivity contribution in [2.75, 3.05) is 19.7 Å². The molecule has 0 fully saturated rings. The summed E-state index contributed by atoms with van der Waals surface area (Å²) >= 11 is 0. The number of amides is 1. The van der Waals surface area contributed by atoms with Gasteiger partial charge in [0.15, 0.2) is 0 Å². The van der Waals surface area contributed by atoms with Crippen molar-refractivity contribution >= 4 is 12.1 Å². The number of benzene rings is 2. The number of fused-ring (bicyclic) bond motifs is 3. The lowest BCUT2D eigenvalue weighted by atomic mass is 9.98. The molecule has 0 spiro atoms. The van der Waals surface area contributed by atoms with E-state index in [1.165, 1.54) is 22.3 Å². The molecule has 4 rings (SSSR count). The van der Waals surface area contributed by atoms with E-state index in [2.05, 4.69) is 24.3 Å². The van der Waals surface area contributed by atoms with Crippen LogP contribution in [0.2, 0.25) is 0 Å². The summed E-state index contributed by atoms with van der Waals surface area (Å²) in [5, 5.41) is 8.86. The molecule has 2 aromatic carbocycles. The lowest BCUT2D eigenvalue weighted by Gasteiger charge is -2.26. The second kappa shape index (κ2) is 7.27. The summed E-state index contributed by atoms with van der Waals surface area (Å²) in [5.74, 6) is -0.792. The summed E-state index contributed by atoms with van der Waals surface area (Å²) in [6.45, 7) is 1.20. The van der Waals surface area contributed by atoms with E-state index in [1.54, 1.807) is 4.90 Å². The highest BCUT2D eigenvalue weighted by atomic mass is 16.6. The van der Waals surface area contributed by atoms with Gasteiger partial charge in [-0.2, -0.15) is 0 Å². The van der Waals surface area contributed by atoms with Gasteiger partial charge in [0, 0.05) is 19.0 Å². The van der Waals surface area contributed by atoms with Crippen molar-refractivity contribution in [2.24, 2.45) is 0 Å². The average Bonchev–Trinajstić information content (AvgIpc) is 3.00. The number of aliphatic carboxylic acids is 1. The van der Waals surface area contributed by atoms with Gasteiger partial charge in [-0.05, 0) is 28.7 Å². The zero-order valence-electron chi connectivity index (χ0n) is 14.9. The SMILES string of the molecule is O=C(O)CC1=CCN(C(=O)OCC2c3ccccc3-c3ccccc32)CC1. The molecular formula is C22H21NO4. The Morgan fingerprint density at radius 1 is 1.04 bits per heavy atom. The van der Waals surface area contributed by atoms with Crippen LogP contribution in [0.3, 0.4) is 0 Å². The first kappa shape index (κ1) is 17.3. The molecule has 1 heterocycles. The van der Waals surface area contributed by atoms with Crippen LogP contribution in [0.4, 0.5) is 4.79 Å². The number of ether oxygens (including phenoxy) is 1.